The van der Waals surface area contributed by atoms with E-state index in [9.17, 15) is 9.59 Å². The van der Waals surface area contributed by atoms with Gasteiger partial charge in [0.25, 0.3) is 0 Å². The fraction of sp³-hybridized carbons (Fsp3) is 0.308. The Balaban J connectivity index is 2.75. The molecule has 0 aliphatic carbocycles. The van der Waals surface area contributed by atoms with Gasteiger partial charge in [0.05, 0.1) is 22.3 Å². The third-order valence-electron chi connectivity index (χ3n) is 2.52. The molecule has 0 aliphatic heterocycles. The summed E-state index contributed by atoms with van der Waals surface area (Å²) in [4.78, 5) is 22.7. The highest BCUT2D eigenvalue weighted by atomic mass is 35.5. The molecule has 0 aliphatic rings. The molecule has 1 atom stereocenters. The van der Waals surface area contributed by atoms with Gasteiger partial charge in [-0.15, -0.1) is 0 Å². The summed E-state index contributed by atoms with van der Waals surface area (Å²) in [7, 11) is 0. The Morgan fingerprint density at radius 3 is 2.75 bits per heavy atom. The van der Waals surface area contributed by atoms with Crippen LogP contribution in [0.25, 0.3) is 0 Å². The molecule has 1 rings (SSSR count). The van der Waals surface area contributed by atoms with Gasteiger partial charge in [0.15, 0.2) is 0 Å². The summed E-state index contributed by atoms with van der Waals surface area (Å²) in [6.07, 6.45) is 0.955. The number of hydrogen-bond donors (Lipinski definition) is 3. The van der Waals surface area contributed by atoms with Gasteiger partial charge in [0.1, 0.15) is 6.04 Å². The molecule has 0 saturated carbocycles. The number of nitrogens with zero attached hydrogens (tertiary/aromatic N) is 1. The summed E-state index contributed by atoms with van der Waals surface area (Å²) >= 11 is 5.89. The minimum absolute atomic E-state index is 0.254. The van der Waals surface area contributed by atoms with Crippen LogP contribution < -0.4 is 10.6 Å². The summed E-state index contributed by atoms with van der Waals surface area (Å²) in [5.41, 5.74) is 0.594. The largest absolute Gasteiger partial charge is 0.480 e. The first-order valence-corrected chi connectivity index (χ1v) is 6.35. The van der Waals surface area contributed by atoms with Gasteiger partial charge in [-0.2, -0.15) is 5.26 Å². The highest BCUT2D eigenvalue weighted by molar-refractivity contribution is 6.33. The quantitative estimate of drug-likeness (QED) is 0.777. The summed E-state index contributed by atoms with van der Waals surface area (Å²) in [5.74, 6) is -1.10. The molecule has 0 unspecified atom stereocenters. The highest BCUT2D eigenvalue weighted by Crippen LogP contribution is 2.22. The SMILES string of the molecule is CCC[C@H](NC(=O)Nc1cc(C#N)ccc1Cl)C(=O)O. The van der Waals surface area contributed by atoms with E-state index >= 15 is 0 Å². The molecule has 3 N–H and O–H groups in total. The minimum atomic E-state index is -1.10. The topological polar surface area (TPSA) is 102 Å². The molecular formula is C13H14ClN3O3. The Labute approximate surface area is 121 Å². The van der Waals surface area contributed by atoms with E-state index in [1.54, 1.807) is 0 Å². The van der Waals surface area contributed by atoms with E-state index in [0.717, 1.165) is 0 Å². The molecule has 1 aromatic carbocycles. The van der Waals surface area contributed by atoms with Crippen LogP contribution in [-0.2, 0) is 4.79 Å². The standard InChI is InChI=1S/C13H14ClN3O3/c1-2-3-10(12(18)19)16-13(20)17-11-6-8(7-15)4-5-9(11)14/h4-6,10H,2-3H2,1H3,(H,18,19)(H2,16,17,20)/t10-/m0/s1. The van der Waals surface area contributed by atoms with Gasteiger partial charge in [0, 0.05) is 0 Å². The van der Waals surface area contributed by atoms with Crippen molar-refractivity contribution in [3.8, 4) is 6.07 Å². The Hall–Kier alpha value is -2.26. The Morgan fingerprint density at radius 1 is 1.50 bits per heavy atom. The predicted molar refractivity (Wildman–Crippen MR) is 74.7 cm³/mol. The normalized spacial score (nSPS) is 11.2. The van der Waals surface area contributed by atoms with Crippen molar-refractivity contribution in [1.29, 1.82) is 5.26 Å². The molecule has 0 fully saturated rings. The first kappa shape index (κ1) is 15.8. The maximum atomic E-state index is 11.7. The van der Waals surface area contributed by atoms with Crippen LogP contribution in [0.4, 0.5) is 10.5 Å². The Morgan fingerprint density at radius 2 is 2.20 bits per heavy atom. The fourth-order valence-electron chi connectivity index (χ4n) is 1.55. The second-order valence-electron chi connectivity index (χ2n) is 4.08. The van der Waals surface area contributed by atoms with Crippen LogP contribution in [0.15, 0.2) is 18.2 Å². The van der Waals surface area contributed by atoms with Crippen LogP contribution in [-0.4, -0.2) is 23.1 Å². The number of hydrogen-bond acceptors (Lipinski definition) is 3. The first-order chi connectivity index (χ1) is 9.47. The smallest absolute Gasteiger partial charge is 0.326 e. The maximum Gasteiger partial charge on any atom is 0.326 e. The molecule has 2 amide bonds. The van der Waals surface area contributed by atoms with E-state index in [-0.39, 0.29) is 10.7 Å². The summed E-state index contributed by atoms with van der Waals surface area (Å²) in [6.45, 7) is 1.82. The van der Waals surface area contributed by atoms with Crippen LogP contribution in [0.1, 0.15) is 25.3 Å². The van der Waals surface area contributed by atoms with E-state index in [0.29, 0.717) is 18.4 Å². The van der Waals surface area contributed by atoms with Gasteiger partial charge in [0.2, 0.25) is 0 Å². The van der Waals surface area contributed by atoms with Crippen molar-refractivity contribution in [2.24, 2.45) is 0 Å². The third kappa shape index (κ3) is 4.44. The summed E-state index contributed by atoms with van der Waals surface area (Å²) in [6, 6.07) is 4.70. The number of nitrogens with one attached hydrogen (secondary N) is 2. The molecule has 1 aromatic rings. The average Bonchev–Trinajstić information content (AvgIpc) is 2.40. The number of carbonyl (C=O) groups excluding carboxylic acids is 1. The fourth-order valence-corrected chi connectivity index (χ4v) is 1.72. The van der Waals surface area contributed by atoms with Gasteiger partial charge in [-0.05, 0) is 24.6 Å². The molecule has 0 heterocycles. The van der Waals surface area contributed by atoms with E-state index in [4.69, 9.17) is 22.0 Å². The number of amides is 2. The van der Waals surface area contributed by atoms with Gasteiger partial charge < -0.3 is 15.7 Å². The molecule has 0 aromatic heterocycles. The molecule has 20 heavy (non-hydrogen) atoms. The lowest BCUT2D eigenvalue weighted by Crippen LogP contribution is -2.42. The van der Waals surface area contributed by atoms with Crippen molar-refractivity contribution >= 4 is 29.3 Å². The molecule has 6 nitrogen and oxygen atoms in total. The molecule has 106 valence electrons. The van der Waals surface area contributed by atoms with Crippen LogP contribution in [0.3, 0.4) is 0 Å². The van der Waals surface area contributed by atoms with Crippen molar-refractivity contribution in [3.05, 3.63) is 28.8 Å². The number of halogens is 1. The molecule has 0 spiro atoms. The van der Waals surface area contributed by atoms with E-state index in [2.05, 4.69) is 10.6 Å². The second-order valence-corrected chi connectivity index (χ2v) is 4.49. The predicted octanol–water partition coefficient (Wildman–Crippen LogP) is 2.59. The van der Waals surface area contributed by atoms with Gasteiger partial charge in [-0.25, -0.2) is 9.59 Å². The molecule has 0 saturated heterocycles. The van der Waals surface area contributed by atoms with Gasteiger partial charge >= 0.3 is 12.0 Å². The third-order valence-corrected chi connectivity index (χ3v) is 2.85. The van der Waals surface area contributed by atoms with Crippen molar-refractivity contribution in [2.75, 3.05) is 5.32 Å². The van der Waals surface area contributed by atoms with Crippen LogP contribution >= 0.6 is 11.6 Å². The maximum absolute atomic E-state index is 11.7. The van der Waals surface area contributed by atoms with Crippen LogP contribution in [0.2, 0.25) is 5.02 Å². The van der Waals surface area contributed by atoms with E-state index in [1.165, 1.54) is 18.2 Å². The van der Waals surface area contributed by atoms with Crippen molar-refractivity contribution in [3.63, 3.8) is 0 Å². The van der Waals surface area contributed by atoms with Crippen molar-refractivity contribution in [1.82, 2.24) is 5.32 Å². The zero-order chi connectivity index (χ0) is 15.1. The number of nitriles is 1. The van der Waals surface area contributed by atoms with E-state index < -0.39 is 18.0 Å². The number of aliphatic carboxylic acids is 1. The average molecular weight is 296 g/mol. The summed E-state index contributed by atoms with van der Waals surface area (Å²) < 4.78 is 0. The Bertz CT molecular complexity index is 554. The van der Waals surface area contributed by atoms with Crippen LogP contribution in [0, 0.1) is 11.3 Å². The Kier molecular flexibility index (Phi) is 5.81. The van der Waals surface area contributed by atoms with Crippen molar-refractivity contribution < 1.29 is 14.7 Å². The molecule has 0 radical (unpaired) electrons. The number of carboxylic acid groups (broad SMARTS) is 1. The lowest BCUT2D eigenvalue weighted by molar-refractivity contribution is -0.139. The van der Waals surface area contributed by atoms with Gasteiger partial charge in [-0.1, -0.05) is 24.9 Å². The number of benzene rings is 1. The monoisotopic (exact) mass is 295 g/mol. The summed E-state index contributed by atoms with van der Waals surface area (Å²) in [5, 5.41) is 22.8. The number of urea groups is 1. The minimum Gasteiger partial charge on any atom is -0.480 e. The first-order valence-electron chi connectivity index (χ1n) is 5.98. The lowest BCUT2D eigenvalue weighted by Gasteiger charge is -2.14. The molecule has 7 heteroatoms. The zero-order valence-electron chi connectivity index (χ0n) is 10.8. The van der Waals surface area contributed by atoms with Crippen molar-refractivity contribution in [2.45, 2.75) is 25.8 Å². The highest BCUT2D eigenvalue weighted by Gasteiger charge is 2.19. The van der Waals surface area contributed by atoms with Gasteiger partial charge in [-0.3, -0.25) is 0 Å². The number of carboxylic acids is 1. The molecular weight excluding hydrogens is 282 g/mol. The van der Waals surface area contributed by atoms with E-state index in [1.807, 2.05) is 13.0 Å². The van der Waals surface area contributed by atoms with Crippen LogP contribution in [0.5, 0.6) is 0 Å². The number of anilines is 1. The number of carbonyl (C=O) groups is 2. The molecule has 0 bridgehead atoms. The lowest BCUT2D eigenvalue weighted by atomic mass is 10.2. The number of rotatable bonds is 5. The zero-order valence-corrected chi connectivity index (χ0v) is 11.6. The second kappa shape index (κ2) is 7.36.